The summed E-state index contributed by atoms with van der Waals surface area (Å²) in [7, 11) is 0. The number of rotatable bonds is 6. The number of benzene rings is 1. The molecule has 0 aliphatic rings. The summed E-state index contributed by atoms with van der Waals surface area (Å²) in [5.74, 6) is 0.266. The van der Waals surface area contributed by atoms with E-state index in [0.29, 0.717) is 0 Å². The van der Waals surface area contributed by atoms with Crippen molar-refractivity contribution in [1.82, 2.24) is 9.97 Å². The fraction of sp³-hybridized carbons (Fsp3) is 0.240. The van der Waals surface area contributed by atoms with Gasteiger partial charge in [-0.3, -0.25) is 9.98 Å². The van der Waals surface area contributed by atoms with Crippen molar-refractivity contribution in [3.05, 3.63) is 93.7 Å². The van der Waals surface area contributed by atoms with E-state index in [9.17, 15) is 0 Å². The van der Waals surface area contributed by atoms with Gasteiger partial charge in [0.05, 0.1) is 10.7 Å². The fourth-order valence-electron chi connectivity index (χ4n) is 3.42. The summed E-state index contributed by atoms with van der Waals surface area (Å²) in [4.78, 5) is 13.9. The van der Waals surface area contributed by atoms with Gasteiger partial charge in [-0.05, 0) is 45.4 Å². The molecule has 0 aliphatic carbocycles. The SMILES string of the molecule is C\C=C(/N=C(C)/C(=C/C)c1cccnc1C)c1cccc(C(C)c2nccs2)c1. The Morgan fingerprint density at radius 3 is 2.55 bits per heavy atom. The number of pyridine rings is 1. The first-order valence-electron chi connectivity index (χ1n) is 9.85. The molecule has 0 saturated heterocycles. The van der Waals surface area contributed by atoms with Gasteiger partial charge in [0, 0.05) is 51.8 Å². The summed E-state index contributed by atoms with van der Waals surface area (Å²) in [5, 5.41) is 3.16. The number of aliphatic imine (C=N–C) groups is 1. The molecule has 0 fully saturated rings. The smallest absolute Gasteiger partial charge is 0.0997 e. The zero-order valence-corrected chi connectivity index (χ0v) is 18.5. The van der Waals surface area contributed by atoms with E-state index in [0.717, 1.165) is 38.8 Å². The van der Waals surface area contributed by atoms with Crippen molar-refractivity contribution in [3.63, 3.8) is 0 Å². The van der Waals surface area contributed by atoms with Crippen molar-refractivity contribution >= 4 is 28.3 Å². The van der Waals surface area contributed by atoms with Crippen LogP contribution in [0, 0.1) is 6.92 Å². The first kappa shape index (κ1) is 20.9. The predicted molar refractivity (Wildman–Crippen MR) is 125 cm³/mol. The Balaban J connectivity index is 1.94. The largest absolute Gasteiger partial charge is 0.261 e. The molecule has 148 valence electrons. The van der Waals surface area contributed by atoms with E-state index in [1.165, 1.54) is 5.56 Å². The van der Waals surface area contributed by atoms with Crippen molar-refractivity contribution in [3.8, 4) is 0 Å². The van der Waals surface area contributed by atoms with Crippen LogP contribution < -0.4 is 0 Å². The van der Waals surface area contributed by atoms with E-state index in [1.807, 2.05) is 44.6 Å². The van der Waals surface area contributed by atoms with E-state index in [-0.39, 0.29) is 5.92 Å². The molecule has 1 aromatic carbocycles. The molecule has 0 spiro atoms. The fourth-order valence-corrected chi connectivity index (χ4v) is 4.15. The highest BCUT2D eigenvalue weighted by molar-refractivity contribution is 7.09. The lowest BCUT2D eigenvalue weighted by atomic mass is 9.98. The topological polar surface area (TPSA) is 38.1 Å². The van der Waals surface area contributed by atoms with Crippen molar-refractivity contribution < 1.29 is 0 Å². The number of hydrogen-bond donors (Lipinski definition) is 0. The lowest BCUT2D eigenvalue weighted by Crippen LogP contribution is -2.01. The van der Waals surface area contributed by atoms with Crippen LogP contribution in [0.5, 0.6) is 0 Å². The van der Waals surface area contributed by atoms with Crippen LogP contribution in [0.4, 0.5) is 0 Å². The van der Waals surface area contributed by atoms with E-state index in [2.05, 4.69) is 66.3 Å². The van der Waals surface area contributed by atoms with Gasteiger partial charge >= 0.3 is 0 Å². The quantitative estimate of drug-likeness (QED) is 0.420. The number of hydrogen-bond acceptors (Lipinski definition) is 4. The normalized spacial score (nSPS) is 14.2. The van der Waals surface area contributed by atoms with Gasteiger partial charge < -0.3 is 0 Å². The maximum Gasteiger partial charge on any atom is 0.0997 e. The van der Waals surface area contributed by atoms with Crippen LogP contribution in [0.3, 0.4) is 0 Å². The molecule has 1 unspecified atom stereocenters. The number of nitrogens with zero attached hydrogens (tertiary/aromatic N) is 3. The van der Waals surface area contributed by atoms with Crippen LogP contribution in [0.15, 0.2) is 71.3 Å². The van der Waals surface area contributed by atoms with E-state index < -0.39 is 0 Å². The van der Waals surface area contributed by atoms with Gasteiger partial charge in [0.15, 0.2) is 0 Å². The van der Waals surface area contributed by atoms with Gasteiger partial charge in [0.2, 0.25) is 0 Å². The summed E-state index contributed by atoms with van der Waals surface area (Å²) >= 11 is 1.70. The standard InChI is InChI=1S/C25H27N3S/c1-6-22(23-12-9-13-26-18(23)4)19(5)28-24(7-2)21-11-8-10-20(16-21)17(3)25-27-14-15-29-25/h6-17H,1-5H3/b22-6-,24-7-,28-19+. The third-order valence-electron chi connectivity index (χ3n) is 5.04. The minimum atomic E-state index is 0.266. The highest BCUT2D eigenvalue weighted by atomic mass is 32.1. The molecular formula is C25H27N3S. The Labute approximate surface area is 177 Å². The zero-order chi connectivity index (χ0) is 20.8. The summed E-state index contributed by atoms with van der Waals surface area (Å²) in [5.41, 5.74) is 7.56. The maximum absolute atomic E-state index is 4.99. The van der Waals surface area contributed by atoms with Crippen molar-refractivity contribution in [2.75, 3.05) is 0 Å². The molecule has 0 aliphatic heterocycles. The second-order valence-electron chi connectivity index (χ2n) is 6.93. The zero-order valence-electron chi connectivity index (χ0n) is 17.7. The molecule has 2 aromatic heterocycles. The van der Waals surface area contributed by atoms with Crippen molar-refractivity contribution in [2.24, 2.45) is 4.99 Å². The molecule has 2 heterocycles. The highest BCUT2D eigenvalue weighted by Gasteiger charge is 2.13. The Morgan fingerprint density at radius 1 is 1.07 bits per heavy atom. The average molecular weight is 402 g/mol. The second kappa shape index (κ2) is 9.57. The third kappa shape index (κ3) is 4.77. The molecule has 0 radical (unpaired) electrons. The Morgan fingerprint density at radius 2 is 1.90 bits per heavy atom. The Bertz CT molecular complexity index is 1060. The van der Waals surface area contributed by atoms with E-state index in [4.69, 9.17) is 4.99 Å². The molecule has 0 saturated carbocycles. The summed E-state index contributed by atoms with van der Waals surface area (Å²) in [6.45, 7) is 10.4. The van der Waals surface area contributed by atoms with Gasteiger partial charge in [0.25, 0.3) is 0 Å². The van der Waals surface area contributed by atoms with Crippen LogP contribution in [0.2, 0.25) is 0 Å². The number of aromatic nitrogens is 2. The van der Waals surface area contributed by atoms with Crippen LogP contribution in [0.25, 0.3) is 11.3 Å². The minimum absolute atomic E-state index is 0.266. The molecule has 3 nitrogen and oxygen atoms in total. The Kier molecular flexibility index (Phi) is 6.89. The maximum atomic E-state index is 4.99. The number of aryl methyl sites for hydroxylation is 1. The third-order valence-corrected chi connectivity index (χ3v) is 6.00. The molecular weight excluding hydrogens is 374 g/mol. The number of allylic oxidation sites excluding steroid dienone is 3. The van der Waals surface area contributed by atoms with Gasteiger partial charge in [-0.15, -0.1) is 11.3 Å². The summed E-state index contributed by atoms with van der Waals surface area (Å²) < 4.78 is 0. The van der Waals surface area contributed by atoms with Crippen LogP contribution in [-0.2, 0) is 0 Å². The van der Waals surface area contributed by atoms with E-state index >= 15 is 0 Å². The van der Waals surface area contributed by atoms with Gasteiger partial charge in [-0.2, -0.15) is 0 Å². The van der Waals surface area contributed by atoms with Crippen LogP contribution in [-0.4, -0.2) is 15.7 Å². The van der Waals surface area contributed by atoms with Crippen molar-refractivity contribution in [1.29, 1.82) is 0 Å². The average Bonchev–Trinajstić information content (AvgIpc) is 3.28. The van der Waals surface area contributed by atoms with Crippen molar-refractivity contribution in [2.45, 2.75) is 40.5 Å². The molecule has 3 aromatic rings. The molecule has 0 bridgehead atoms. The first-order chi connectivity index (χ1) is 14.0. The summed E-state index contributed by atoms with van der Waals surface area (Å²) in [6, 6.07) is 12.7. The molecule has 1 atom stereocenters. The van der Waals surface area contributed by atoms with E-state index in [1.54, 1.807) is 11.3 Å². The molecule has 0 N–H and O–H groups in total. The molecule has 4 heteroatoms. The lowest BCUT2D eigenvalue weighted by molar-refractivity contribution is 0.904. The van der Waals surface area contributed by atoms with Crippen LogP contribution >= 0.6 is 11.3 Å². The molecule has 29 heavy (non-hydrogen) atoms. The first-order valence-corrected chi connectivity index (χ1v) is 10.7. The predicted octanol–water partition coefficient (Wildman–Crippen LogP) is 6.92. The van der Waals surface area contributed by atoms with Gasteiger partial charge in [0.1, 0.15) is 0 Å². The second-order valence-corrected chi connectivity index (χ2v) is 7.85. The lowest BCUT2D eigenvalue weighted by Gasteiger charge is -2.13. The minimum Gasteiger partial charge on any atom is -0.261 e. The van der Waals surface area contributed by atoms with Gasteiger partial charge in [-0.25, -0.2) is 4.98 Å². The number of thiazole rings is 1. The highest BCUT2D eigenvalue weighted by Crippen LogP contribution is 2.29. The molecule has 0 amide bonds. The Hall–Kier alpha value is -2.85. The van der Waals surface area contributed by atoms with Crippen LogP contribution in [0.1, 0.15) is 61.0 Å². The van der Waals surface area contributed by atoms with Gasteiger partial charge in [-0.1, -0.05) is 43.3 Å². The summed E-state index contributed by atoms with van der Waals surface area (Å²) in [6.07, 6.45) is 7.87. The monoisotopic (exact) mass is 401 g/mol. The molecule has 3 rings (SSSR count).